The molecular formula is C24H44N2O5. The molecule has 0 aliphatic heterocycles. The van der Waals surface area contributed by atoms with Crippen LogP contribution in [0.15, 0.2) is 0 Å². The third-order valence-electron chi connectivity index (χ3n) is 4.70. The van der Waals surface area contributed by atoms with Gasteiger partial charge in [0.1, 0.15) is 17.5 Å². The molecule has 0 aromatic rings. The minimum absolute atomic E-state index is 0.140. The predicted molar refractivity (Wildman–Crippen MR) is 122 cm³/mol. The van der Waals surface area contributed by atoms with Crippen LogP contribution in [-0.2, 0) is 14.3 Å². The summed E-state index contributed by atoms with van der Waals surface area (Å²) in [5.74, 6) is 0. The maximum Gasteiger partial charge on any atom is 0.410 e. The van der Waals surface area contributed by atoms with Gasteiger partial charge in [0.15, 0.2) is 0 Å². The lowest BCUT2D eigenvalue weighted by atomic mass is 10.2. The lowest BCUT2D eigenvalue weighted by Gasteiger charge is -2.27. The number of amides is 2. The van der Waals surface area contributed by atoms with Crippen LogP contribution in [0, 0.1) is 0 Å². The van der Waals surface area contributed by atoms with Crippen LogP contribution < -0.4 is 0 Å². The largest absolute Gasteiger partial charge is 0.444 e. The fourth-order valence-corrected chi connectivity index (χ4v) is 2.93. The van der Waals surface area contributed by atoms with Gasteiger partial charge in [0.25, 0.3) is 0 Å². The molecule has 0 aromatic heterocycles. The summed E-state index contributed by atoms with van der Waals surface area (Å²) in [5, 5.41) is 0. The molecule has 2 aliphatic carbocycles. The highest BCUT2D eigenvalue weighted by atomic mass is 16.6. The van der Waals surface area contributed by atoms with Crippen molar-refractivity contribution in [3.63, 3.8) is 0 Å². The van der Waals surface area contributed by atoms with Gasteiger partial charge in [0, 0.05) is 31.6 Å². The third-order valence-corrected chi connectivity index (χ3v) is 4.70. The summed E-state index contributed by atoms with van der Waals surface area (Å²) in [6.45, 7) is 14.9. The van der Waals surface area contributed by atoms with Crippen LogP contribution in [0.5, 0.6) is 0 Å². The average molecular weight is 441 g/mol. The molecule has 2 rings (SSSR count). The zero-order valence-corrected chi connectivity index (χ0v) is 20.7. The Labute approximate surface area is 188 Å². The molecule has 2 amide bonds. The van der Waals surface area contributed by atoms with E-state index in [1.807, 2.05) is 46.4 Å². The second kappa shape index (κ2) is 12.3. The second-order valence-corrected chi connectivity index (χ2v) is 10.5. The van der Waals surface area contributed by atoms with E-state index in [0.29, 0.717) is 25.0 Å². The molecule has 2 saturated carbocycles. The highest BCUT2D eigenvalue weighted by Gasteiger charge is 2.35. The number of carbonyl (C=O) groups is 3. The van der Waals surface area contributed by atoms with Gasteiger partial charge in [0.05, 0.1) is 0 Å². The molecule has 0 atom stereocenters. The maximum atomic E-state index is 11.8. The van der Waals surface area contributed by atoms with Crippen molar-refractivity contribution in [2.45, 2.75) is 123 Å². The summed E-state index contributed by atoms with van der Waals surface area (Å²) in [5.41, 5.74) is -0.828. The molecule has 0 saturated heterocycles. The van der Waals surface area contributed by atoms with Gasteiger partial charge in [0.2, 0.25) is 0 Å². The predicted octanol–water partition coefficient (Wildman–Crippen LogP) is 5.55. The first kappa shape index (κ1) is 27.2. The molecule has 180 valence electrons. The van der Waals surface area contributed by atoms with E-state index in [1.54, 1.807) is 4.90 Å². The Balaban J connectivity index is 0.000000311. The Kier molecular flexibility index (Phi) is 10.8. The van der Waals surface area contributed by atoms with Crippen LogP contribution in [0.4, 0.5) is 9.59 Å². The normalized spacial score (nSPS) is 16.0. The van der Waals surface area contributed by atoms with Crippen molar-refractivity contribution in [3.05, 3.63) is 0 Å². The smallest absolute Gasteiger partial charge is 0.410 e. The molecule has 31 heavy (non-hydrogen) atoms. The minimum atomic E-state index is -0.450. The zero-order chi connectivity index (χ0) is 23.7. The molecule has 7 heteroatoms. The summed E-state index contributed by atoms with van der Waals surface area (Å²) in [7, 11) is 0. The van der Waals surface area contributed by atoms with Crippen LogP contribution in [0.3, 0.4) is 0 Å². The molecule has 0 spiro atoms. The standard InChI is InChI=1S/C12H21NO3.C12H23NO2/c1-12(2,3)16-11(15)13(10-6-7-10)8-4-5-9-14;1-5-6-9-13(10-7-8-10)11(14)15-12(2,3)4/h9-10H,4-8H2,1-3H3;10H,5-9H2,1-4H3. The fraction of sp³-hybridized carbons (Fsp3) is 0.875. The molecule has 0 unspecified atom stereocenters. The SMILES string of the molecule is CC(C)(C)OC(=O)N(CCCC=O)C1CC1.CCCCN(C(=O)OC(C)(C)C)C1CC1. The lowest BCUT2D eigenvalue weighted by molar-refractivity contribution is -0.108. The van der Waals surface area contributed by atoms with E-state index >= 15 is 0 Å². The van der Waals surface area contributed by atoms with Crippen LogP contribution >= 0.6 is 0 Å². The molecule has 0 heterocycles. The van der Waals surface area contributed by atoms with E-state index < -0.39 is 5.60 Å². The van der Waals surface area contributed by atoms with Gasteiger partial charge in [-0.1, -0.05) is 13.3 Å². The topological polar surface area (TPSA) is 76.2 Å². The highest BCUT2D eigenvalue weighted by molar-refractivity contribution is 5.69. The van der Waals surface area contributed by atoms with Crippen LogP contribution in [0.2, 0.25) is 0 Å². The number of nitrogens with zero attached hydrogens (tertiary/aromatic N) is 2. The molecule has 2 aliphatic rings. The molecule has 7 nitrogen and oxygen atoms in total. The lowest BCUT2D eigenvalue weighted by Crippen LogP contribution is -2.38. The number of rotatable bonds is 9. The summed E-state index contributed by atoms with van der Waals surface area (Å²) in [6, 6.07) is 0.785. The first-order chi connectivity index (χ1) is 14.4. The van der Waals surface area contributed by atoms with Crippen molar-refractivity contribution in [2.75, 3.05) is 13.1 Å². The van der Waals surface area contributed by atoms with E-state index in [2.05, 4.69) is 6.92 Å². The Morgan fingerprint density at radius 3 is 1.48 bits per heavy atom. The fourth-order valence-electron chi connectivity index (χ4n) is 2.93. The van der Waals surface area contributed by atoms with Crippen molar-refractivity contribution >= 4 is 18.5 Å². The van der Waals surface area contributed by atoms with Crippen LogP contribution in [0.25, 0.3) is 0 Å². The second-order valence-electron chi connectivity index (χ2n) is 10.5. The summed E-state index contributed by atoms with van der Waals surface area (Å²) in [4.78, 5) is 37.6. The van der Waals surface area contributed by atoms with E-state index in [0.717, 1.165) is 57.8 Å². The Hall–Kier alpha value is -1.79. The summed E-state index contributed by atoms with van der Waals surface area (Å²) in [6.07, 6.45) is 8.30. The van der Waals surface area contributed by atoms with Crippen molar-refractivity contribution < 1.29 is 23.9 Å². The number of aldehydes is 1. The number of carbonyl (C=O) groups excluding carboxylic acids is 3. The quantitative estimate of drug-likeness (QED) is 0.347. The number of hydrogen-bond donors (Lipinski definition) is 0. The summed E-state index contributed by atoms with van der Waals surface area (Å²) >= 11 is 0. The highest BCUT2D eigenvalue weighted by Crippen LogP contribution is 2.29. The van der Waals surface area contributed by atoms with Crippen molar-refractivity contribution in [1.82, 2.24) is 9.80 Å². The van der Waals surface area contributed by atoms with Gasteiger partial charge in [-0.15, -0.1) is 0 Å². The van der Waals surface area contributed by atoms with Gasteiger partial charge in [-0.2, -0.15) is 0 Å². The molecule has 0 aromatic carbocycles. The van der Waals surface area contributed by atoms with Gasteiger partial charge >= 0.3 is 12.2 Å². The Morgan fingerprint density at radius 2 is 1.19 bits per heavy atom. The van der Waals surface area contributed by atoms with Crippen LogP contribution in [-0.4, -0.2) is 64.6 Å². The van der Waals surface area contributed by atoms with Crippen molar-refractivity contribution in [3.8, 4) is 0 Å². The van der Waals surface area contributed by atoms with Gasteiger partial charge in [-0.25, -0.2) is 9.59 Å². The monoisotopic (exact) mass is 440 g/mol. The molecule has 0 radical (unpaired) electrons. The van der Waals surface area contributed by atoms with E-state index in [1.165, 1.54) is 0 Å². The van der Waals surface area contributed by atoms with Gasteiger partial charge < -0.3 is 24.1 Å². The van der Waals surface area contributed by atoms with Crippen molar-refractivity contribution in [1.29, 1.82) is 0 Å². The Morgan fingerprint density at radius 1 is 0.806 bits per heavy atom. The molecular weight excluding hydrogens is 396 g/mol. The molecule has 0 bridgehead atoms. The summed E-state index contributed by atoms with van der Waals surface area (Å²) < 4.78 is 10.7. The average Bonchev–Trinajstić information content (AvgIpc) is 3.50. The molecule has 0 N–H and O–H groups in total. The molecule has 2 fully saturated rings. The maximum absolute atomic E-state index is 11.8. The van der Waals surface area contributed by atoms with E-state index in [-0.39, 0.29) is 17.8 Å². The first-order valence-electron chi connectivity index (χ1n) is 11.8. The Bertz CT molecular complexity index is 571. The van der Waals surface area contributed by atoms with Gasteiger partial charge in [-0.05, 0) is 80.1 Å². The first-order valence-corrected chi connectivity index (χ1v) is 11.8. The number of unbranched alkanes of at least 4 members (excludes halogenated alkanes) is 2. The van der Waals surface area contributed by atoms with Crippen molar-refractivity contribution in [2.24, 2.45) is 0 Å². The number of ether oxygens (including phenoxy) is 2. The van der Waals surface area contributed by atoms with E-state index in [9.17, 15) is 14.4 Å². The zero-order valence-electron chi connectivity index (χ0n) is 20.7. The van der Waals surface area contributed by atoms with E-state index in [4.69, 9.17) is 9.47 Å². The van der Waals surface area contributed by atoms with Gasteiger partial charge in [-0.3, -0.25) is 0 Å². The third kappa shape index (κ3) is 12.6. The minimum Gasteiger partial charge on any atom is -0.444 e. The van der Waals surface area contributed by atoms with Crippen LogP contribution in [0.1, 0.15) is 99.8 Å². The number of hydrogen-bond acceptors (Lipinski definition) is 5.